The first-order valence-electron chi connectivity index (χ1n) is 6.86. The van der Waals surface area contributed by atoms with Crippen molar-refractivity contribution in [1.29, 1.82) is 0 Å². The first kappa shape index (κ1) is 15.9. The van der Waals surface area contributed by atoms with E-state index in [1.807, 2.05) is 17.5 Å². The fraction of sp³-hybridized carbons (Fsp3) is 0.125. The monoisotopic (exact) mass is 351 g/mol. The van der Waals surface area contributed by atoms with Crippen molar-refractivity contribution in [3.8, 4) is 0 Å². The van der Waals surface area contributed by atoms with Crippen molar-refractivity contribution in [3.05, 3.63) is 76.6 Å². The van der Waals surface area contributed by atoms with E-state index < -0.39 is 15.8 Å². The predicted molar refractivity (Wildman–Crippen MR) is 85.9 cm³/mol. The van der Waals surface area contributed by atoms with Crippen molar-refractivity contribution < 1.29 is 17.2 Å². The Kier molecular flexibility index (Phi) is 4.61. The van der Waals surface area contributed by atoms with Gasteiger partial charge in [0.25, 0.3) is 0 Å². The van der Waals surface area contributed by atoms with Gasteiger partial charge in [-0.1, -0.05) is 6.07 Å². The highest BCUT2D eigenvalue weighted by Crippen LogP contribution is 2.23. The van der Waals surface area contributed by atoms with Gasteiger partial charge in [0, 0.05) is 11.4 Å². The third-order valence-corrected chi connectivity index (χ3v) is 5.94. The summed E-state index contributed by atoms with van der Waals surface area (Å²) in [6.07, 6.45) is 1.50. The van der Waals surface area contributed by atoms with Crippen LogP contribution in [-0.2, 0) is 23.1 Å². The zero-order chi connectivity index (χ0) is 16.3. The molecule has 0 radical (unpaired) electrons. The molecule has 0 amide bonds. The molecule has 120 valence electrons. The highest BCUT2D eigenvalue weighted by Gasteiger charge is 2.26. The molecule has 4 nitrogen and oxygen atoms in total. The molecular weight excluding hydrogens is 337 g/mol. The summed E-state index contributed by atoms with van der Waals surface area (Å²) in [5.41, 5.74) is 0. The number of sulfonamides is 1. The van der Waals surface area contributed by atoms with Gasteiger partial charge in [-0.2, -0.15) is 4.31 Å². The van der Waals surface area contributed by atoms with Gasteiger partial charge in [0.15, 0.2) is 0 Å². The molecule has 0 atom stereocenters. The molecule has 0 saturated heterocycles. The lowest BCUT2D eigenvalue weighted by molar-refractivity contribution is 0.360. The molecule has 0 fully saturated rings. The third kappa shape index (κ3) is 3.69. The SMILES string of the molecule is O=S(=O)(c1ccc(F)cc1)N(Cc1ccco1)Cc1cccs1. The van der Waals surface area contributed by atoms with Crippen molar-refractivity contribution in [1.82, 2.24) is 4.31 Å². The highest BCUT2D eigenvalue weighted by molar-refractivity contribution is 7.89. The maximum Gasteiger partial charge on any atom is 0.243 e. The summed E-state index contributed by atoms with van der Waals surface area (Å²) in [6, 6.07) is 12.0. The summed E-state index contributed by atoms with van der Waals surface area (Å²) in [6.45, 7) is 0.350. The van der Waals surface area contributed by atoms with Gasteiger partial charge in [-0.3, -0.25) is 0 Å². The normalized spacial score (nSPS) is 11.9. The van der Waals surface area contributed by atoms with Gasteiger partial charge in [-0.15, -0.1) is 11.3 Å². The molecule has 0 aliphatic carbocycles. The van der Waals surface area contributed by atoms with Crippen molar-refractivity contribution >= 4 is 21.4 Å². The zero-order valence-electron chi connectivity index (χ0n) is 12.1. The standard InChI is InChI=1S/C16H14FNO3S2/c17-13-5-7-16(8-6-13)23(19,20)18(11-14-3-1-9-21-14)12-15-4-2-10-22-15/h1-10H,11-12H2. The fourth-order valence-electron chi connectivity index (χ4n) is 2.13. The maximum atomic E-state index is 13.1. The van der Waals surface area contributed by atoms with Crippen LogP contribution in [-0.4, -0.2) is 12.7 Å². The van der Waals surface area contributed by atoms with Crippen LogP contribution in [0.1, 0.15) is 10.6 Å². The summed E-state index contributed by atoms with van der Waals surface area (Å²) in [4.78, 5) is 0.976. The number of halogens is 1. The Morgan fingerprint density at radius 3 is 2.43 bits per heavy atom. The minimum absolute atomic E-state index is 0.0574. The van der Waals surface area contributed by atoms with Gasteiger partial charge in [0.1, 0.15) is 11.6 Å². The minimum atomic E-state index is -3.76. The number of thiophene rings is 1. The van der Waals surface area contributed by atoms with E-state index in [0.29, 0.717) is 5.76 Å². The quantitative estimate of drug-likeness (QED) is 0.677. The number of furan rings is 1. The Bertz CT molecular complexity index is 805. The van der Waals surface area contributed by atoms with E-state index in [0.717, 1.165) is 17.0 Å². The topological polar surface area (TPSA) is 50.5 Å². The van der Waals surface area contributed by atoms with E-state index >= 15 is 0 Å². The van der Waals surface area contributed by atoms with Crippen LogP contribution in [0.4, 0.5) is 4.39 Å². The van der Waals surface area contributed by atoms with Crippen molar-refractivity contribution in [3.63, 3.8) is 0 Å². The molecule has 3 aromatic rings. The fourth-order valence-corrected chi connectivity index (χ4v) is 4.32. The van der Waals surface area contributed by atoms with Gasteiger partial charge in [-0.05, 0) is 47.8 Å². The lowest BCUT2D eigenvalue weighted by atomic mass is 10.4. The van der Waals surface area contributed by atoms with Gasteiger partial charge in [0.05, 0.1) is 17.7 Å². The van der Waals surface area contributed by atoms with Crippen LogP contribution in [0, 0.1) is 5.82 Å². The third-order valence-electron chi connectivity index (χ3n) is 3.28. The van der Waals surface area contributed by atoms with Crippen LogP contribution in [0.5, 0.6) is 0 Å². The molecule has 0 spiro atoms. The molecule has 7 heteroatoms. The van der Waals surface area contributed by atoms with E-state index in [2.05, 4.69) is 0 Å². The van der Waals surface area contributed by atoms with Gasteiger partial charge < -0.3 is 4.42 Å². The number of rotatable bonds is 6. The molecule has 2 heterocycles. The summed E-state index contributed by atoms with van der Waals surface area (Å²) >= 11 is 1.48. The molecular formula is C16H14FNO3S2. The highest BCUT2D eigenvalue weighted by atomic mass is 32.2. The first-order valence-corrected chi connectivity index (χ1v) is 9.18. The molecule has 1 aromatic carbocycles. The second-order valence-corrected chi connectivity index (χ2v) is 7.86. The van der Waals surface area contributed by atoms with Crippen LogP contribution < -0.4 is 0 Å². The molecule has 0 aliphatic heterocycles. The summed E-state index contributed by atoms with van der Waals surface area (Å²) in [5, 5.41) is 1.89. The summed E-state index contributed by atoms with van der Waals surface area (Å²) in [5.74, 6) is 0.0760. The molecule has 0 bridgehead atoms. The van der Waals surface area contributed by atoms with Crippen LogP contribution in [0.2, 0.25) is 0 Å². The summed E-state index contributed by atoms with van der Waals surface area (Å²) in [7, 11) is -3.76. The summed E-state index contributed by atoms with van der Waals surface area (Å²) < 4.78 is 45.4. The maximum absolute atomic E-state index is 13.1. The number of hydrogen-bond acceptors (Lipinski definition) is 4. The van der Waals surface area contributed by atoms with E-state index in [1.54, 1.807) is 12.1 Å². The van der Waals surface area contributed by atoms with Crippen LogP contribution in [0.25, 0.3) is 0 Å². The molecule has 3 rings (SSSR count). The van der Waals surface area contributed by atoms with Crippen molar-refractivity contribution in [2.75, 3.05) is 0 Å². The molecule has 0 N–H and O–H groups in total. The number of hydrogen-bond donors (Lipinski definition) is 0. The molecule has 23 heavy (non-hydrogen) atoms. The van der Waals surface area contributed by atoms with E-state index in [-0.39, 0.29) is 18.0 Å². The zero-order valence-corrected chi connectivity index (χ0v) is 13.7. The van der Waals surface area contributed by atoms with E-state index in [1.165, 1.54) is 34.0 Å². The molecule has 0 saturated carbocycles. The minimum Gasteiger partial charge on any atom is -0.468 e. The average molecular weight is 351 g/mol. The lowest BCUT2D eigenvalue weighted by Crippen LogP contribution is -2.29. The predicted octanol–water partition coefficient (Wildman–Crippen LogP) is 3.87. The van der Waals surface area contributed by atoms with Crippen LogP contribution >= 0.6 is 11.3 Å². The molecule has 0 aliphatic rings. The number of nitrogens with zero attached hydrogens (tertiary/aromatic N) is 1. The Balaban J connectivity index is 1.93. The van der Waals surface area contributed by atoms with Crippen molar-refractivity contribution in [2.45, 2.75) is 18.0 Å². The van der Waals surface area contributed by atoms with E-state index in [9.17, 15) is 12.8 Å². The number of benzene rings is 1. The Hall–Kier alpha value is -1.96. The lowest BCUT2D eigenvalue weighted by Gasteiger charge is -2.20. The van der Waals surface area contributed by atoms with Gasteiger partial charge in [-0.25, -0.2) is 12.8 Å². The van der Waals surface area contributed by atoms with Gasteiger partial charge >= 0.3 is 0 Å². The van der Waals surface area contributed by atoms with Crippen LogP contribution in [0.15, 0.2) is 69.5 Å². The van der Waals surface area contributed by atoms with E-state index in [4.69, 9.17) is 4.42 Å². The Labute approximate surface area is 137 Å². The second kappa shape index (κ2) is 6.66. The van der Waals surface area contributed by atoms with Crippen LogP contribution in [0.3, 0.4) is 0 Å². The largest absolute Gasteiger partial charge is 0.468 e. The Morgan fingerprint density at radius 2 is 1.83 bits per heavy atom. The van der Waals surface area contributed by atoms with Crippen molar-refractivity contribution in [2.24, 2.45) is 0 Å². The second-order valence-electron chi connectivity index (χ2n) is 4.89. The molecule has 0 unspecified atom stereocenters. The Morgan fingerprint density at radius 1 is 1.04 bits per heavy atom. The van der Waals surface area contributed by atoms with Gasteiger partial charge in [0.2, 0.25) is 10.0 Å². The average Bonchev–Trinajstić information content (AvgIpc) is 3.20. The first-order chi connectivity index (χ1) is 11.1. The smallest absolute Gasteiger partial charge is 0.243 e. The molecule has 2 aromatic heterocycles.